The molecule has 9 heteroatoms. The van der Waals surface area contributed by atoms with Crippen LogP contribution in [0.2, 0.25) is 0 Å². The molecule has 0 aliphatic carbocycles. The highest BCUT2D eigenvalue weighted by Crippen LogP contribution is 2.52. The van der Waals surface area contributed by atoms with Crippen molar-refractivity contribution in [1.82, 2.24) is 34.1 Å². The molecule has 0 bridgehead atoms. The van der Waals surface area contributed by atoms with E-state index in [1.165, 1.54) is 129 Å². The molecule has 552 valence electrons. The predicted molar refractivity (Wildman–Crippen MR) is 496 cm³/mol. The summed E-state index contributed by atoms with van der Waals surface area (Å²) in [6, 6.07) is 147. The van der Waals surface area contributed by atoms with Crippen LogP contribution in [-0.2, 0) is 0 Å². The number of thiophene rings is 2. The minimum Gasteiger partial charge on any atom is -0.309 e. The second-order valence-electron chi connectivity index (χ2n) is 29.7. The molecular formula is C109H69N7S2. The van der Waals surface area contributed by atoms with E-state index >= 15 is 0 Å². The first-order valence-electron chi connectivity index (χ1n) is 39.8. The Morgan fingerprint density at radius 1 is 0.203 bits per heavy atom. The Balaban J connectivity index is 0.000000143. The summed E-state index contributed by atoms with van der Waals surface area (Å²) in [7, 11) is 0. The Labute approximate surface area is 689 Å². The number of nitrogens with zero attached hydrogens (tertiary/aromatic N) is 7. The molecule has 17 aromatic carbocycles. The zero-order valence-electron chi connectivity index (χ0n) is 63.8. The van der Waals surface area contributed by atoms with E-state index in [-0.39, 0.29) is 0 Å². The van der Waals surface area contributed by atoms with Gasteiger partial charge in [0.25, 0.3) is 0 Å². The molecule has 23 aromatic rings. The lowest BCUT2D eigenvalue weighted by atomic mass is 9.96. The van der Waals surface area contributed by atoms with Crippen LogP contribution in [0.25, 0.3) is 219 Å². The zero-order chi connectivity index (χ0) is 78.0. The van der Waals surface area contributed by atoms with Gasteiger partial charge in [-0.2, -0.15) is 0 Å². The smallest absolute Gasteiger partial charge is 0.164 e. The number of fused-ring (bicyclic) bond motifs is 14. The van der Waals surface area contributed by atoms with Crippen LogP contribution in [0.4, 0.5) is 0 Å². The van der Waals surface area contributed by atoms with E-state index in [1.807, 2.05) is 108 Å². The third-order valence-electron chi connectivity index (χ3n) is 22.7. The summed E-state index contributed by atoms with van der Waals surface area (Å²) in [5.74, 6) is 2.62. The first-order chi connectivity index (χ1) is 58.5. The SMILES string of the molecule is c1ccc(-c2ccc3sc4c(-c5ccccc5)cc5c(c6cc(-c7ccccc7)ccc6n5-c5ccc(-c6nc(-c7ccccc7)nc(-c7ccccc7)n6)cc5)c4c3c2)cc1.c1ccc(-c2ccc3sc4c(-c5ccccc5)cc5c(c6cc(-c7ccccc7)ccc6n5-c5cnc(-c6ccccc6)nc5-c5ccccc5)c4c3c2)cc1. The highest BCUT2D eigenvalue weighted by molar-refractivity contribution is 7.27. The number of benzene rings is 17. The third-order valence-corrected chi connectivity index (χ3v) is 25.1. The van der Waals surface area contributed by atoms with E-state index in [4.69, 9.17) is 24.9 Å². The monoisotopic (exact) mass is 1540 g/mol. The summed E-state index contributed by atoms with van der Waals surface area (Å²) >= 11 is 3.77. The summed E-state index contributed by atoms with van der Waals surface area (Å²) < 4.78 is 9.97. The van der Waals surface area contributed by atoms with Crippen LogP contribution in [0.15, 0.2) is 419 Å². The van der Waals surface area contributed by atoms with Crippen molar-refractivity contribution < 1.29 is 0 Å². The molecule has 118 heavy (non-hydrogen) atoms. The quantitative estimate of drug-likeness (QED) is 0.115. The summed E-state index contributed by atoms with van der Waals surface area (Å²) in [6.45, 7) is 0. The first-order valence-corrected chi connectivity index (χ1v) is 41.4. The molecule has 0 saturated heterocycles. The van der Waals surface area contributed by atoms with Crippen molar-refractivity contribution >= 4 is 107 Å². The van der Waals surface area contributed by atoms with Gasteiger partial charge in [-0.3, -0.25) is 0 Å². The third kappa shape index (κ3) is 12.5. The predicted octanol–water partition coefficient (Wildman–Crippen LogP) is 29.6. The van der Waals surface area contributed by atoms with Gasteiger partial charge in [-0.05, 0) is 141 Å². The molecule has 0 saturated carbocycles. The maximum absolute atomic E-state index is 5.35. The molecule has 6 heterocycles. The molecule has 7 nitrogen and oxygen atoms in total. The summed E-state index contributed by atoms with van der Waals surface area (Å²) in [6.07, 6.45) is 2.02. The molecule has 0 aliphatic heterocycles. The lowest BCUT2D eigenvalue weighted by Gasteiger charge is -2.15. The van der Waals surface area contributed by atoms with E-state index in [1.54, 1.807) is 0 Å². The topological polar surface area (TPSA) is 74.3 Å². The second-order valence-corrected chi connectivity index (χ2v) is 31.9. The molecule has 6 aromatic heterocycles. The summed E-state index contributed by atoms with van der Waals surface area (Å²) in [5.41, 5.74) is 26.7. The Hall–Kier alpha value is -15.1. The van der Waals surface area contributed by atoms with Gasteiger partial charge in [-0.25, -0.2) is 24.9 Å². The molecule has 0 atom stereocenters. The van der Waals surface area contributed by atoms with Crippen LogP contribution >= 0.6 is 22.7 Å². The fraction of sp³-hybridized carbons (Fsp3) is 0. The molecule has 0 amide bonds. The van der Waals surface area contributed by atoms with Crippen molar-refractivity contribution in [2.24, 2.45) is 0 Å². The van der Waals surface area contributed by atoms with Crippen molar-refractivity contribution in [1.29, 1.82) is 0 Å². The van der Waals surface area contributed by atoms with Gasteiger partial charge in [0, 0.05) is 107 Å². The lowest BCUT2D eigenvalue weighted by Crippen LogP contribution is -2.03. The van der Waals surface area contributed by atoms with Gasteiger partial charge in [0.05, 0.1) is 39.6 Å². The molecule has 0 aliphatic rings. The van der Waals surface area contributed by atoms with Crippen molar-refractivity contribution in [3.8, 4) is 135 Å². The minimum atomic E-state index is 0.631. The Kier molecular flexibility index (Phi) is 17.5. The molecule has 0 unspecified atom stereocenters. The molecule has 0 spiro atoms. The van der Waals surface area contributed by atoms with Crippen LogP contribution in [0.5, 0.6) is 0 Å². The van der Waals surface area contributed by atoms with Crippen LogP contribution < -0.4 is 0 Å². The van der Waals surface area contributed by atoms with E-state index in [0.29, 0.717) is 23.3 Å². The van der Waals surface area contributed by atoms with Crippen molar-refractivity contribution in [2.75, 3.05) is 0 Å². The van der Waals surface area contributed by atoms with Crippen LogP contribution in [0, 0.1) is 0 Å². The number of hydrogen-bond acceptors (Lipinski definition) is 7. The maximum Gasteiger partial charge on any atom is 0.164 e. The molecule has 0 N–H and O–H groups in total. The van der Waals surface area contributed by atoms with Gasteiger partial charge in [-0.15, -0.1) is 22.7 Å². The van der Waals surface area contributed by atoms with E-state index < -0.39 is 0 Å². The van der Waals surface area contributed by atoms with Crippen LogP contribution in [0.3, 0.4) is 0 Å². The Bertz CT molecular complexity index is 7660. The summed E-state index contributed by atoms with van der Waals surface area (Å²) in [5, 5.41) is 10.00. The van der Waals surface area contributed by atoms with E-state index in [0.717, 1.165) is 67.0 Å². The Morgan fingerprint density at radius 3 is 0.881 bits per heavy atom. The number of hydrogen-bond donors (Lipinski definition) is 0. The fourth-order valence-corrected chi connectivity index (χ4v) is 19.6. The standard InChI is InChI=1S/C57H36N4S.C52H33N3S/c1-6-16-37(17-7-1)43-28-32-49-47(34-43)52-50(36-46(39-20-10-3-11-21-39)54-53(52)48-35-44(29-33-51(48)62-54)38-18-8-2-9-19-38)61(49)45-30-26-42(27-31-45)57-59-55(40-22-12-4-13-23-40)58-56(60-57)41-24-14-5-15-25-41;1-6-16-34(17-7-1)39-26-28-44-42(30-39)48-45(55(44)46-33-53-52(38-24-14-5-15-25-38)54-50(46)37-22-12-4-13-23-37)32-41(36-20-10-3-11-21-36)51-49(48)43-31-40(27-29-47(43)56-51)35-18-8-2-9-19-35/h1-36H;1-33H. The van der Waals surface area contributed by atoms with Gasteiger partial charge in [-0.1, -0.05) is 328 Å². The molecule has 0 radical (unpaired) electrons. The average molecular weight is 1540 g/mol. The summed E-state index contributed by atoms with van der Waals surface area (Å²) in [4.78, 5) is 25.4. The normalized spacial score (nSPS) is 11.6. The lowest BCUT2D eigenvalue weighted by molar-refractivity contribution is 1.07. The molecule has 23 rings (SSSR count). The van der Waals surface area contributed by atoms with Gasteiger partial charge in [0.1, 0.15) is 0 Å². The van der Waals surface area contributed by atoms with Gasteiger partial charge < -0.3 is 9.13 Å². The first kappa shape index (κ1) is 69.6. The van der Waals surface area contributed by atoms with Crippen LogP contribution in [0.1, 0.15) is 0 Å². The highest BCUT2D eigenvalue weighted by Gasteiger charge is 2.27. The molecule has 0 fully saturated rings. The van der Waals surface area contributed by atoms with Gasteiger partial charge >= 0.3 is 0 Å². The van der Waals surface area contributed by atoms with E-state index in [9.17, 15) is 0 Å². The second kappa shape index (κ2) is 29.7. The van der Waals surface area contributed by atoms with Gasteiger partial charge in [0.2, 0.25) is 0 Å². The van der Waals surface area contributed by atoms with Crippen molar-refractivity contribution in [3.63, 3.8) is 0 Å². The largest absolute Gasteiger partial charge is 0.309 e. The van der Waals surface area contributed by atoms with Crippen molar-refractivity contribution in [3.05, 3.63) is 419 Å². The molecular weight excluding hydrogens is 1470 g/mol. The van der Waals surface area contributed by atoms with Crippen molar-refractivity contribution in [2.45, 2.75) is 0 Å². The maximum atomic E-state index is 5.35. The Morgan fingerprint density at radius 2 is 0.500 bits per heavy atom. The van der Waals surface area contributed by atoms with E-state index in [2.05, 4.69) is 343 Å². The number of aromatic nitrogens is 7. The fourth-order valence-electron chi connectivity index (χ4n) is 17.1. The van der Waals surface area contributed by atoms with Crippen LogP contribution in [-0.4, -0.2) is 34.1 Å². The highest BCUT2D eigenvalue weighted by atomic mass is 32.1. The minimum absolute atomic E-state index is 0.631. The number of rotatable bonds is 13. The zero-order valence-corrected chi connectivity index (χ0v) is 65.4. The average Bonchev–Trinajstić information content (AvgIpc) is 1.54. The van der Waals surface area contributed by atoms with Gasteiger partial charge in [0.15, 0.2) is 23.3 Å².